The highest BCUT2D eigenvalue weighted by Gasteiger charge is 2.53. The number of rotatable bonds is 12. The van der Waals surface area contributed by atoms with Gasteiger partial charge in [0.2, 0.25) is 5.95 Å². The summed E-state index contributed by atoms with van der Waals surface area (Å²) in [5.74, 6) is -1.19. The number of hydrogen-bond donors (Lipinski definition) is 2. The lowest BCUT2D eigenvalue weighted by Crippen LogP contribution is -2.43. The molecular weight excluding hydrogens is 552 g/mol. The van der Waals surface area contributed by atoms with E-state index in [4.69, 9.17) is 14.7 Å². The molecule has 0 bridgehead atoms. The first-order valence-electron chi connectivity index (χ1n) is 14.6. The maximum absolute atomic E-state index is 14.0. The number of carbonyl (C=O) groups is 1. The summed E-state index contributed by atoms with van der Waals surface area (Å²) in [4.78, 5) is 21.1. The van der Waals surface area contributed by atoms with Gasteiger partial charge in [-0.25, -0.2) is 27.5 Å². The first-order chi connectivity index (χ1) is 20.1. The number of aryl methyl sites for hydroxylation is 2. The molecule has 3 saturated carbocycles. The Bertz CT molecular complexity index is 1600. The van der Waals surface area contributed by atoms with Gasteiger partial charge in [0.25, 0.3) is 10.0 Å². The van der Waals surface area contributed by atoms with Gasteiger partial charge < -0.3 is 15.2 Å². The molecule has 0 atom stereocenters. The van der Waals surface area contributed by atoms with Crippen molar-refractivity contribution in [2.45, 2.75) is 75.1 Å². The van der Waals surface area contributed by atoms with Gasteiger partial charge in [-0.2, -0.15) is 0 Å². The van der Waals surface area contributed by atoms with Crippen LogP contribution in [-0.4, -0.2) is 55.9 Å². The molecule has 0 saturated heterocycles. The minimum Gasteiger partial charge on any atom is -0.478 e. The van der Waals surface area contributed by atoms with E-state index in [1.807, 2.05) is 38.1 Å². The van der Waals surface area contributed by atoms with E-state index in [1.54, 1.807) is 0 Å². The number of carboxylic acids is 1. The highest BCUT2D eigenvalue weighted by atomic mass is 32.2. The number of ether oxygens (including phenoxy) is 1. The van der Waals surface area contributed by atoms with Crippen LogP contribution in [0.15, 0.2) is 53.4 Å². The molecule has 1 aromatic heterocycles. The van der Waals surface area contributed by atoms with Gasteiger partial charge in [0.1, 0.15) is 6.73 Å². The SMILES string of the molecule is COCN(c1nc(-c2c(C)cccc2C)cc(C2(CCNC3CC4(CC4)C3)CC2)n1)S(=O)(=O)c1cccc(C(=O)O)c1. The Morgan fingerprint density at radius 2 is 1.74 bits per heavy atom. The standard InChI is InChI=1S/C32H38N4O5S/c1-21-6-4-7-22(2)28(21)26-17-27(32(12-13-32)14-15-33-24-18-31(19-24)10-11-31)35-30(34-26)36(20-41-3)42(39,40)25-9-5-8-23(16-25)29(37)38/h4-9,16-17,24,33H,10-15,18-20H2,1-3H3,(H,37,38). The molecular formula is C32H38N4O5S. The Kier molecular flexibility index (Phi) is 7.35. The number of aromatic nitrogens is 2. The molecule has 1 heterocycles. The summed E-state index contributed by atoms with van der Waals surface area (Å²) in [7, 11) is -2.85. The molecule has 1 spiro atoms. The van der Waals surface area contributed by atoms with Gasteiger partial charge in [-0.05, 0) is 106 Å². The molecule has 2 N–H and O–H groups in total. The number of nitrogens with one attached hydrogen (secondary N) is 1. The van der Waals surface area contributed by atoms with Crippen LogP contribution in [0.5, 0.6) is 0 Å². The summed E-state index contributed by atoms with van der Waals surface area (Å²) in [6.45, 7) is 4.61. The lowest BCUT2D eigenvalue weighted by molar-refractivity contribution is 0.0696. The maximum Gasteiger partial charge on any atom is 0.335 e. The van der Waals surface area contributed by atoms with Gasteiger partial charge in [0.15, 0.2) is 0 Å². The summed E-state index contributed by atoms with van der Waals surface area (Å²) in [5, 5.41) is 13.2. The fourth-order valence-corrected chi connectivity index (χ4v) is 7.77. The molecule has 0 amide bonds. The topological polar surface area (TPSA) is 122 Å². The molecule has 3 aliphatic carbocycles. The number of benzene rings is 2. The zero-order valence-electron chi connectivity index (χ0n) is 24.4. The predicted octanol–water partition coefficient (Wildman–Crippen LogP) is 5.21. The van der Waals surface area contributed by atoms with Crippen molar-refractivity contribution in [1.29, 1.82) is 0 Å². The molecule has 3 aliphatic rings. The average Bonchev–Trinajstić information content (AvgIpc) is 3.87. The van der Waals surface area contributed by atoms with Gasteiger partial charge in [0.05, 0.1) is 21.8 Å². The van der Waals surface area contributed by atoms with Crippen LogP contribution in [0.4, 0.5) is 5.95 Å². The molecule has 0 radical (unpaired) electrons. The van der Waals surface area contributed by atoms with Gasteiger partial charge >= 0.3 is 5.97 Å². The van der Waals surface area contributed by atoms with Crippen molar-refractivity contribution in [3.63, 3.8) is 0 Å². The van der Waals surface area contributed by atoms with Crippen LogP contribution in [0, 0.1) is 19.3 Å². The van der Waals surface area contributed by atoms with E-state index in [9.17, 15) is 18.3 Å². The molecule has 222 valence electrons. The van der Waals surface area contributed by atoms with Crippen molar-refractivity contribution in [2.75, 3.05) is 24.7 Å². The maximum atomic E-state index is 14.0. The summed E-state index contributed by atoms with van der Waals surface area (Å²) in [6.07, 6.45) is 8.18. The van der Waals surface area contributed by atoms with E-state index in [2.05, 4.69) is 5.32 Å². The van der Waals surface area contributed by atoms with Crippen LogP contribution in [-0.2, 0) is 20.2 Å². The number of aromatic carboxylic acids is 1. The van der Waals surface area contributed by atoms with Gasteiger partial charge in [-0.1, -0.05) is 24.3 Å². The minimum atomic E-state index is -4.25. The van der Waals surface area contributed by atoms with Crippen molar-refractivity contribution < 1.29 is 23.1 Å². The highest BCUT2D eigenvalue weighted by Crippen LogP contribution is 2.60. The summed E-state index contributed by atoms with van der Waals surface area (Å²) >= 11 is 0. The molecule has 6 rings (SSSR count). The van der Waals surface area contributed by atoms with Crippen molar-refractivity contribution in [2.24, 2.45) is 5.41 Å². The zero-order valence-corrected chi connectivity index (χ0v) is 25.2. The van der Waals surface area contributed by atoms with Crippen LogP contribution in [0.2, 0.25) is 0 Å². The summed E-state index contributed by atoms with van der Waals surface area (Å²) in [5.41, 5.74) is 4.88. The quantitative estimate of drug-likeness (QED) is 0.276. The van der Waals surface area contributed by atoms with Gasteiger partial charge in [-0.15, -0.1) is 0 Å². The normalized spacial score (nSPS) is 18.5. The lowest BCUT2D eigenvalue weighted by atomic mass is 9.77. The smallest absolute Gasteiger partial charge is 0.335 e. The second kappa shape index (κ2) is 10.7. The molecule has 42 heavy (non-hydrogen) atoms. The fraction of sp³-hybridized carbons (Fsp3) is 0.469. The third-order valence-corrected chi connectivity index (χ3v) is 11.0. The van der Waals surface area contributed by atoms with E-state index in [0.717, 1.165) is 58.6 Å². The molecule has 0 aliphatic heterocycles. The second-order valence-corrected chi connectivity index (χ2v) is 14.3. The summed E-state index contributed by atoms with van der Waals surface area (Å²) in [6, 6.07) is 14.0. The van der Waals surface area contributed by atoms with E-state index >= 15 is 0 Å². The van der Waals surface area contributed by atoms with E-state index in [1.165, 1.54) is 51.0 Å². The van der Waals surface area contributed by atoms with E-state index in [0.29, 0.717) is 17.2 Å². The number of methoxy groups -OCH3 is 1. The van der Waals surface area contributed by atoms with Crippen LogP contribution in [0.1, 0.15) is 72.1 Å². The van der Waals surface area contributed by atoms with E-state index in [-0.39, 0.29) is 28.6 Å². The Hall–Kier alpha value is -3.34. The number of carboxylic acid groups (broad SMARTS) is 1. The summed E-state index contributed by atoms with van der Waals surface area (Å²) < 4.78 is 34.3. The van der Waals surface area contributed by atoms with Crippen LogP contribution in [0.25, 0.3) is 11.3 Å². The molecule has 3 fully saturated rings. The number of anilines is 1. The largest absolute Gasteiger partial charge is 0.478 e. The Balaban J connectivity index is 1.38. The third-order valence-electron chi connectivity index (χ3n) is 9.34. The first-order valence-corrected chi connectivity index (χ1v) is 16.0. The van der Waals surface area contributed by atoms with E-state index < -0.39 is 16.0 Å². The van der Waals surface area contributed by atoms with Crippen LogP contribution in [0.3, 0.4) is 0 Å². The van der Waals surface area contributed by atoms with Crippen molar-refractivity contribution in [1.82, 2.24) is 15.3 Å². The molecule has 0 unspecified atom stereocenters. The number of hydrogen-bond acceptors (Lipinski definition) is 7. The molecule has 9 nitrogen and oxygen atoms in total. The van der Waals surface area contributed by atoms with Crippen LogP contribution >= 0.6 is 0 Å². The molecule has 10 heteroatoms. The third kappa shape index (κ3) is 5.43. The van der Waals surface area contributed by atoms with Gasteiger partial charge in [-0.3, -0.25) is 0 Å². The van der Waals surface area contributed by atoms with Crippen LogP contribution < -0.4 is 9.62 Å². The Morgan fingerprint density at radius 3 is 2.36 bits per heavy atom. The van der Waals surface area contributed by atoms with Gasteiger partial charge in [0, 0.05) is 24.1 Å². The molecule has 3 aromatic rings. The highest BCUT2D eigenvalue weighted by molar-refractivity contribution is 7.92. The number of nitrogens with zero attached hydrogens (tertiary/aromatic N) is 3. The van der Waals surface area contributed by atoms with Crippen molar-refractivity contribution in [3.05, 3.63) is 70.9 Å². The second-order valence-electron chi connectivity index (χ2n) is 12.4. The average molecular weight is 591 g/mol. The minimum absolute atomic E-state index is 0.0154. The lowest BCUT2D eigenvalue weighted by Gasteiger charge is -2.37. The Morgan fingerprint density at radius 1 is 1.05 bits per heavy atom. The first kappa shape index (κ1) is 28.8. The Labute approximate surface area is 247 Å². The fourth-order valence-electron chi connectivity index (χ4n) is 6.45. The number of sulfonamides is 1. The molecule has 2 aromatic carbocycles. The van der Waals surface area contributed by atoms with Crippen molar-refractivity contribution >= 4 is 21.9 Å². The monoisotopic (exact) mass is 590 g/mol. The van der Waals surface area contributed by atoms with Crippen molar-refractivity contribution in [3.8, 4) is 11.3 Å². The zero-order chi connectivity index (χ0) is 29.7. The predicted molar refractivity (Wildman–Crippen MR) is 160 cm³/mol.